The van der Waals surface area contributed by atoms with E-state index in [0.29, 0.717) is 38.0 Å². The van der Waals surface area contributed by atoms with Crippen molar-refractivity contribution in [2.45, 2.75) is 31.4 Å². The summed E-state index contributed by atoms with van der Waals surface area (Å²) in [6.45, 7) is 6.78. The van der Waals surface area contributed by atoms with Gasteiger partial charge in [-0.3, -0.25) is 4.90 Å². The van der Waals surface area contributed by atoms with Gasteiger partial charge in [0.25, 0.3) is 0 Å². The van der Waals surface area contributed by atoms with E-state index in [2.05, 4.69) is 22.0 Å². The summed E-state index contributed by atoms with van der Waals surface area (Å²) in [4.78, 5) is 6.81. The fourth-order valence-electron chi connectivity index (χ4n) is 2.70. The summed E-state index contributed by atoms with van der Waals surface area (Å²) in [5, 5.41) is 4.05. The van der Waals surface area contributed by atoms with Crippen molar-refractivity contribution in [3.63, 3.8) is 0 Å². The van der Waals surface area contributed by atoms with Crippen LogP contribution >= 0.6 is 0 Å². The lowest BCUT2D eigenvalue weighted by molar-refractivity contribution is -0.0350. The van der Waals surface area contributed by atoms with E-state index in [-0.39, 0.29) is 6.10 Å². The highest BCUT2D eigenvalue weighted by molar-refractivity contribution is 5.06. The van der Waals surface area contributed by atoms with Gasteiger partial charge < -0.3 is 19.7 Å². The van der Waals surface area contributed by atoms with E-state index >= 15 is 0 Å². The average molecular weight is 282 g/mol. The molecular weight excluding hydrogens is 260 g/mol. The summed E-state index contributed by atoms with van der Waals surface area (Å²) in [6.07, 6.45) is 1.72. The average Bonchev–Trinajstić information content (AvgIpc) is 3.09. The van der Waals surface area contributed by atoms with Gasteiger partial charge in [-0.2, -0.15) is 4.98 Å². The SMILES string of the molecule is CCCN1CCOC(c2noc(C3(N)CCOC3)n2)C1. The van der Waals surface area contributed by atoms with E-state index in [1.165, 1.54) is 0 Å². The molecule has 2 N–H and O–H groups in total. The second-order valence-electron chi connectivity index (χ2n) is 5.58. The predicted octanol–water partition coefficient (Wildman–Crippen LogP) is 0.427. The molecule has 0 aliphatic carbocycles. The number of nitrogens with zero attached hydrogens (tertiary/aromatic N) is 3. The van der Waals surface area contributed by atoms with Crippen molar-refractivity contribution in [2.75, 3.05) is 39.5 Å². The molecule has 0 spiro atoms. The Bertz CT molecular complexity index is 443. The molecule has 2 unspecified atom stereocenters. The number of nitrogens with two attached hydrogens (primary N) is 1. The Morgan fingerprint density at radius 3 is 3.10 bits per heavy atom. The van der Waals surface area contributed by atoms with Gasteiger partial charge in [-0.05, 0) is 19.4 Å². The molecule has 3 heterocycles. The minimum Gasteiger partial charge on any atom is -0.379 e. The second kappa shape index (κ2) is 5.77. The summed E-state index contributed by atoms with van der Waals surface area (Å²) in [5.74, 6) is 1.05. The predicted molar refractivity (Wildman–Crippen MR) is 71.0 cm³/mol. The third-order valence-electron chi connectivity index (χ3n) is 3.90. The molecule has 2 atom stereocenters. The Hall–Kier alpha value is -1.02. The molecule has 2 fully saturated rings. The first kappa shape index (κ1) is 13.9. The van der Waals surface area contributed by atoms with Gasteiger partial charge in [-0.1, -0.05) is 12.1 Å². The summed E-state index contributed by atoms with van der Waals surface area (Å²) in [7, 11) is 0. The molecular formula is C13H22N4O3. The fraction of sp³-hybridized carbons (Fsp3) is 0.846. The number of aromatic nitrogens is 2. The van der Waals surface area contributed by atoms with Crippen molar-refractivity contribution in [1.29, 1.82) is 0 Å². The van der Waals surface area contributed by atoms with Gasteiger partial charge in [0.1, 0.15) is 11.6 Å². The lowest BCUT2D eigenvalue weighted by Crippen LogP contribution is -2.39. The number of hydrogen-bond acceptors (Lipinski definition) is 7. The smallest absolute Gasteiger partial charge is 0.249 e. The fourth-order valence-corrected chi connectivity index (χ4v) is 2.70. The molecule has 0 bridgehead atoms. The molecule has 0 saturated carbocycles. The first-order chi connectivity index (χ1) is 9.71. The minimum absolute atomic E-state index is 0.126. The van der Waals surface area contributed by atoms with Gasteiger partial charge in [0.2, 0.25) is 11.7 Å². The molecule has 0 radical (unpaired) electrons. The molecule has 2 aliphatic heterocycles. The van der Waals surface area contributed by atoms with E-state index < -0.39 is 5.54 Å². The van der Waals surface area contributed by atoms with Crippen molar-refractivity contribution >= 4 is 0 Å². The quantitative estimate of drug-likeness (QED) is 0.856. The molecule has 7 heteroatoms. The van der Waals surface area contributed by atoms with Crippen molar-refractivity contribution in [1.82, 2.24) is 15.0 Å². The van der Waals surface area contributed by atoms with Gasteiger partial charge in [0, 0.05) is 19.7 Å². The number of hydrogen-bond donors (Lipinski definition) is 1. The summed E-state index contributed by atoms with van der Waals surface area (Å²) >= 11 is 0. The highest BCUT2D eigenvalue weighted by Gasteiger charge is 2.39. The van der Waals surface area contributed by atoms with Crippen LogP contribution in [0.5, 0.6) is 0 Å². The Morgan fingerprint density at radius 2 is 2.35 bits per heavy atom. The number of morpholine rings is 1. The highest BCUT2D eigenvalue weighted by Crippen LogP contribution is 2.28. The van der Waals surface area contributed by atoms with Crippen LogP contribution in [0.3, 0.4) is 0 Å². The van der Waals surface area contributed by atoms with E-state index in [4.69, 9.17) is 19.7 Å². The largest absolute Gasteiger partial charge is 0.379 e. The maximum atomic E-state index is 6.23. The van der Waals surface area contributed by atoms with Crippen LogP contribution < -0.4 is 5.73 Å². The third-order valence-corrected chi connectivity index (χ3v) is 3.90. The normalized spacial score (nSPS) is 31.8. The number of rotatable bonds is 4. The van der Waals surface area contributed by atoms with E-state index in [9.17, 15) is 0 Å². The van der Waals surface area contributed by atoms with Crippen LogP contribution in [-0.4, -0.2) is 54.5 Å². The summed E-state index contributed by atoms with van der Waals surface area (Å²) < 4.78 is 16.4. The standard InChI is InChI=1S/C13H22N4O3/c1-2-4-17-5-7-19-10(8-17)11-15-12(20-16-11)13(14)3-6-18-9-13/h10H,2-9,14H2,1H3. The zero-order valence-corrected chi connectivity index (χ0v) is 11.9. The summed E-state index contributed by atoms with van der Waals surface area (Å²) in [6, 6.07) is 0. The minimum atomic E-state index is -0.636. The molecule has 2 saturated heterocycles. The maximum Gasteiger partial charge on any atom is 0.249 e. The Morgan fingerprint density at radius 1 is 1.45 bits per heavy atom. The molecule has 7 nitrogen and oxygen atoms in total. The zero-order chi connectivity index (χ0) is 14.0. The molecule has 3 rings (SSSR count). The molecule has 1 aromatic rings. The second-order valence-corrected chi connectivity index (χ2v) is 5.58. The van der Waals surface area contributed by atoms with Gasteiger partial charge in [0.15, 0.2) is 0 Å². The van der Waals surface area contributed by atoms with Crippen LogP contribution in [0.1, 0.15) is 37.6 Å². The van der Waals surface area contributed by atoms with Crippen LogP contribution in [0.15, 0.2) is 4.52 Å². The maximum absolute atomic E-state index is 6.23. The van der Waals surface area contributed by atoms with Crippen LogP contribution in [-0.2, 0) is 15.0 Å². The molecule has 1 aromatic heterocycles. The van der Waals surface area contributed by atoms with E-state index in [0.717, 1.165) is 26.1 Å². The Labute approximate surface area is 118 Å². The van der Waals surface area contributed by atoms with Crippen molar-refractivity contribution in [3.8, 4) is 0 Å². The molecule has 0 aromatic carbocycles. The molecule has 0 amide bonds. The number of ether oxygens (including phenoxy) is 2. The van der Waals surface area contributed by atoms with Crippen LogP contribution in [0.4, 0.5) is 0 Å². The van der Waals surface area contributed by atoms with Crippen molar-refractivity contribution in [3.05, 3.63) is 11.7 Å². The third kappa shape index (κ3) is 2.71. The zero-order valence-electron chi connectivity index (χ0n) is 11.9. The van der Waals surface area contributed by atoms with Gasteiger partial charge in [0.05, 0.1) is 13.2 Å². The molecule has 2 aliphatic rings. The van der Waals surface area contributed by atoms with E-state index in [1.807, 2.05) is 0 Å². The topological polar surface area (TPSA) is 86.6 Å². The lowest BCUT2D eigenvalue weighted by Gasteiger charge is -2.30. The lowest BCUT2D eigenvalue weighted by atomic mass is 10.0. The van der Waals surface area contributed by atoms with Crippen LogP contribution in [0, 0.1) is 0 Å². The van der Waals surface area contributed by atoms with Gasteiger partial charge in [-0.25, -0.2) is 0 Å². The summed E-state index contributed by atoms with van der Waals surface area (Å²) in [5.41, 5.74) is 5.59. The monoisotopic (exact) mass is 282 g/mol. The van der Waals surface area contributed by atoms with E-state index in [1.54, 1.807) is 0 Å². The highest BCUT2D eigenvalue weighted by atomic mass is 16.5. The Kier molecular flexibility index (Phi) is 4.02. The Balaban J connectivity index is 1.70. The van der Waals surface area contributed by atoms with Crippen LogP contribution in [0.25, 0.3) is 0 Å². The van der Waals surface area contributed by atoms with Gasteiger partial charge in [-0.15, -0.1) is 0 Å². The van der Waals surface area contributed by atoms with Gasteiger partial charge >= 0.3 is 0 Å². The first-order valence-electron chi connectivity index (χ1n) is 7.26. The molecule has 112 valence electrons. The van der Waals surface area contributed by atoms with Crippen molar-refractivity contribution < 1.29 is 14.0 Å². The van der Waals surface area contributed by atoms with Crippen molar-refractivity contribution in [2.24, 2.45) is 5.73 Å². The molecule has 20 heavy (non-hydrogen) atoms. The van der Waals surface area contributed by atoms with Crippen LogP contribution in [0.2, 0.25) is 0 Å². The first-order valence-corrected chi connectivity index (χ1v) is 7.26.